The Labute approximate surface area is 140 Å². The van der Waals surface area contributed by atoms with Crippen molar-refractivity contribution >= 4 is 0 Å². The Kier molecular flexibility index (Phi) is 1.45. The van der Waals surface area contributed by atoms with Crippen LogP contribution in [0.25, 0.3) is 0 Å². The number of nitrogens with zero attached hydrogens (tertiary/aromatic N) is 1. The molecule has 2 unspecified atom stereocenters. The largest absolute Gasteiger partial charge is 0.493 e. The van der Waals surface area contributed by atoms with Crippen molar-refractivity contribution < 1.29 is 22.8 Å². The van der Waals surface area contributed by atoms with E-state index in [0.717, 1.165) is 5.56 Å². The van der Waals surface area contributed by atoms with E-state index in [9.17, 15) is 4.11 Å². The van der Waals surface area contributed by atoms with E-state index in [-0.39, 0.29) is 17.9 Å². The predicted octanol–water partition coefficient (Wildman–Crippen LogP) is 1.50. The second kappa shape index (κ2) is 4.06. The van der Waals surface area contributed by atoms with Gasteiger partial charge in [0.05, 0.1) is 12.5 Å². The van der Waals surface area contributed by atoms with Crippen molar-refractivity contribution in [2.45, 2.75) is 36.5 Å². The van der Waals surface area contributed by atoms with Crippen LogP contribution in [0.15, 0.2) is 24.3 Å². The van der Waals surface area contributed by atoms with Gasteiger partial charge in [-0.3, -0.25) is 0 Å². The summed E-state index contributed by atoms with van der Waals surface area (Å²) < 4.78 is 69.1. The molecule has 1 saturated heterocycles. The molecule has 4 nitrogen and oxygen atoms in total. The maximum Gasteiger partial charge on any atom is 0.211 e. The first-order valence-corrected chi connectivity index (χ1v) is 7.50. The Morgan fingerprint density at radius 1 is 1.55 bits per heavy atom. The van der Waals surface area contributed by atoms with Crippen molar-refractivity contribution in [3.63, 3.8) is 0 Å². The van der Waals surface area contributed by atoms with E-state index in [4.69, 9.17) is 20.1 Å². The SMILES string of the molecule is [2H]OC1C=C[C@@]2([2H])[C@@]3([2H])Cc4ccc(OC([2H])([2H])[2H])c5c4[C@@]2(CCN3C)C1([2H])O5. The fraction of sp³-hybridized carbons (Fsp3) is 0.556. The molecule has 5 rings (SSSR count). The van der Waals surface area contributed by atoms with Crippen molar-refractivity contribution in [3.8, 4) is 11.5 Å². The van der Waals surface area contributed by atoms with Crippen molar-refractivity contribution in [1.29, 1.82) is 1.43 Å². The second-order valence-electron chi connectivity index (χ2n) is 6.39. The van der Waals surface area contributed by atoms with Gasteiger partial charge in [-0.25, -0.2) is 0 Å². The minimum atomic E-state index is -2.71. The van der Waals surface area contributed by atoms with Gasteiger partial charge >= 0.3 is 0 Å². The second-order valence-corrected chi connectivity index (χ2v) is 6.39. The number of hydrogen-bond acceptors (Lipinski definition) is 4. The molecular formula is C18H21NO3. The van der Waals surface area contributed by atoms with Crippen LogP contribution in [0.4, 0.5) is 0 Å². The highest BCUT2D eigenvalue weighted by Crippen LogP contribution is 2.62. The number of ether oxygens (including phenoxy) is 2. The van der Waals surface area contributed by atoms with Gasteiger partial charge in [-0.15, -0.1) is 0 Å². The minimum Gasteiger partial charge on any atom is -0.493 e. The number of likely N-dealkylation sites (tertiary alicyclic amines) is 1. The molecule has 1 spiro atoms. The van der Waals surface area contributed by atoms with Gasteiger partial charge < -0.3 is 19.5 Å². The highest BCUT2D eigenvalue weighted by molar-refractivity contribution is 5.62. The van der Waals surface area contributed by atoms with E-state index in [2.05, 4.69) is 0 Å². The normalized spacial score (nSPS) is 56.2. The standard InChI is InChI=1S/C18H21NO3/c1-19-8-7-18-11-4-5-13(20)17(18)22-16-14(21-2)6-3-10(15(16)18)9-12(11)19/h3-6,11-13,17,20H,7-9H2,1-2H3/t11-,12+,13?,17?,18-/m0/s1/i2D3,11D,12D,17D,20D. The number of hydrogen-bond donors (Lipinski definition) is 1. The van der Waals surface area contributed by atoms with Crippen LogP contribution < -0.4 is 9.47 Å². The van der Waals surface area contributed by atoms with Crippen LogP contribution in [0.2, 0.25) is 0 Å². The van der Waals surface area contributed by atoms with Crippen LogP contribution in [0.1, 0.15) is 25.8 Å². The third kappa shape index (κ3) is 1.28. The molecule has 2 aliphatic carbocycles. The van der Waals surface area contributed by atoms with E-state index < -0.39 is 36.5 Å². The maximum atomic E-state index is 9.46. The quantitative estimate of drug-likeness (QED) is 0.841. The first-order chi connectivity index (χ1) is 13.4. The lowest BCUT2D eigenvalue weighted by Gasteiger charge is -2.56. The van der Waals surface area contributed by atoms with Gasteiger partial charge in [0.15, 0.2) is 11.5 Å². The third-order valence-electron chi connectivity index (χ3n) is 5.48. The van der Waals surface area contributed by atoms with Gasteiger partial charge in [0.2, 0.25) is 1.43 Å². The zero-order chi connectivity index (χ0) is 21.0. The molecule has 2 heterocycles. The van der Waals surface area contributed by atoms with Crippen LogP contribution in [0.3, 0.4) is 0 Å². The number of aliphatic hydroxyl groups excluding tert-OH is 1. The van der Waals surface area contributed by atoms with Crippen LogP contribution in [-0.2, 0) is 11.8 Å². The molecular weight excluding hydrogens is 278 g/mol. The topological polar surface area (TPSA) is 41.9 Å². The highest BCUT2D eigenvalue weighted by atomic mass is 16.5. The molecule has 1 fully saturated rings. The summed E-state index contributed by atoms with van der Waals surface area (Å²) in [7, 11) is -0.909. The molecule has 2 aliphatic heterocycles. The van der Waals surface area contributed by atoms with E-state index >= 15 is 0 Å². The maximum absolute atomic E-state index is 9.46. The summed E-state index contributed by atoms with van der Waals surface area (Å²) in [6.45, 7) is 0.454. The van der Waals surface area contributed by atoms with Crippen molar-refractivity contribution in [2.24, 2.45) is 5.89 Å². The van der Waals surface area contributed by atoms with Crippen molar-refractivity contribution in [1.82, 2.24) is 4.90 Å². The number of rotatable bonds is 2. The summed E-state index contributed by atoms with van der Waals surface area (Å²) in [6, 6.07) is 1.83. The van der Waals surface area contributed by atoms with Crippen LogP contribution >= 0.6 is 0 Å². The van der Waals surface area contributed by atoms with Gasteiger partial charge in [0.1, 0.15) is 12.2 Å². The number of benzene rings is 1. The zero-order valence-electron chi connectivity index (χ0n) is 19.2. The van der Waals surface area contributed by atoms with Gasteiger partial charge in [-0.05, 0) is 38.1 Å². The molecule has 5 atom stereocenters. The summed E-state index contributed by atoms with van der Waals surface area (Å²) in [5, 5.41) is 4.82. The molecule has 2 bridgehead atoms. The number of methoxy groups -OCH3 is 1. The van der Waals surface area contributed by atoms with E-state index in [1.807, 2.05) is 4.90 Å². The highest BCUT2D eigenvalue weighted by Gasteiger charge is 2.64. The minimum absolute atomic E-state index is 0.0263. The lowest BCUT2D eigenvalue weighted by molar-refractivity contribution is -0.0453. The van der Waals surface area contributed by atoms with Crippen LogP contribution in [0.5, 0.6) is 11.5 Å². The summed E-state index contributed by atoms with van der Waals surface area (Å²) >= 11 is 0. The summed E-state index contributed by atoms with van der Waals surface area (Å²) in [4.78, 5) is 1.83. The Morgan fingerprint density at radius 3 is 3.36 bits per heavy atom. The zero-order valence-corrected chi connectivity index (χ0v) is 12.2. The van der Waals surface area contributed by atoms with Gasteiger partial charge in [-0.1, -0.05) is 18.2 Å². The van der Waals surface area contributed by atoms with Gasteiger partial charge in [0, 0.05) is 25.6 Å². The predicted molar refractivity (Wildman–Crippen MR) is 82.5 cm³/mol. The molecule has 116 valence electrons. The number of likely N-dealkylation sites (N-methyl/N-ethyl adjacent to an activating group) is 1. The molecule has 0 saturated carbocycles. The van der Waals surface area contributed by atoms with Crippen molar-refractivity contribution in [3.05, 3.63) is 35.4 Å². The molecule has 1 aromatic carbocycles. The Balaban J connectivity index is 1.85. The Morgan fingerprint density at radius 2 is 2.50 bits per heavy atom. The van der Waals surface area contributed by atoms with E-state index in [1.54, 1.807) is 19.2 Å². The summed E-state index contributed by atoms with van der Waals surface area (Å²) in [5.74, 6) is -1.47. The van der Waals surface area contributed by atoms with E-state index in [1.165, 1.54) is 12.1 Å². The number of piperidine rings is 1. The fourth-order valence-corrected chi connectivity index (χ4v) is 4.52. The lowest BCUT2D eigenvalue weighted by atomic mass is 9.53. The smallest absolute Gasteiger partial charge is 0.211 e. The average molecular weight is 306 g/mol. The van der Waals surface area contributed by atoms with Gasteiger partial charge in [-0.2, -0.15) is 0 Å². The van der Waals surface area contributed by atoms with Crippen LogP contribution in [-0.4, -0.2) is 50.3 Å². The molecule has 0 aromatic heterocycles. The lowest BCUT2D eigenvalue weighted by Crippen LogP contribution is -2.64. The first kappa shape index (κ1) is 7.84. The number of aliphatic hydroxyl groups is 1. The molecule has 0 amide bonds. The third-order valence-corrected chi connectivity index (χ3v) is 5.48. The molecule has 22 heavy (non-hydrogen) atoms. The monoisotopic (exact) mass is 306 g/mol. The summed E-state index contributed by atoms with van der Waals surface area (Å²) in [6.07, 6.45) is 0.576. The fourth-order valence-electron chi connectivity index (χ4n) is 4.52. The van der Waals surface area contributed by atoms with Crippen LogP contribution in [0, 0.1) is 5.89 Å². The first-order valence-electron chi connectivity index (χ1n) is 10.9. The molecule has 0 radical (unpaired) electrons. The molecule has 1 aromatic rings. The van der Waals surface area contributed by atoms with E-state index in [0.29, 0.717) is 18.5 Å². The Bertz CT molecular complexity index is 939. The average Bonchev–Trinajstić information content (AvgIpc) is 2.90. The Hall–Kier alpha value is -1.52. The molecule has 4 heteroatoms. The van der Waals surface area contributed by atoms with Crippen molar-refractivity contribution in [2.75, 3.05) is 20.6 Å². The summed E-state index contributed by atoms with van der Waals surface area (Å²) in [5.41, 5.74) is -0.0201. The molecule has 1 N–H and O–H groups in total. The molecule has 4 aliphatic rings. The van der Waals surface area contributed by atoms with Gasteiger partial charge in [0.25, 0.3) is 0 Å².